The lowest BCUT2D eigenvalue weighted by Crippen LogP contribution is -2.16. The largest absolute Gasteiger partial charge is 0.479 e. The summed E-state index contributed by atoms with van der Waals surface area (Å²) in [5.41, 5.74) is 6.85. The van der Waals surface area contributed by atoms with Gasteiger partial charge in [0.1, 0.15) is 5.76 Å². The van der Waals surface area contributed by atoms with Crippen LogP contribution in [0.15, 0.2) is 4.52 Å². The van der Waals surface area contributed by atoms with Crippen LogP contribution in [0.5, 0.6) is 5.88 Å². The first-order valence-electron chi connectivity index (χ1n) is 4.11. The second-order valence-electron chi connectivity index (χ2n) is 3.03. The predicted octanol–water partition coefficient (Wildman–Crippen LogP) is 1.02. The van der Waals surface area contributed by atoms with Crippen molar-refractivity contribution in [3.8, 4) is 5.88 Å². The van der Waals surface area contributed by atoms with Crippen molar-refractivity contribution in [3.63, 3.8) is 0 Å². The highest BCUT2D eigenvalue weighted by Crippen LogP contribution is 2.34. The van der Waals surface area contributed by atoms with Gasteiger partial charge in [0.2, 0.25) is 0 Å². The molecular weight excluding hydrogens is 156 g/mol. The molecule has 0 bridgehead atoms. The minimum Gasteiger partial charge on any atom is -0.479 e. The van der Waals surface area contributed by atoms with E-state index in [0.29, 0.717) is 5.88 Å². The number of nitrogens with two attached hydrogens (primary N) is 1. The molecule has 0 spiro atoms. The van der Waals surface area contributed by atoms with E-state index in [9.17, 15) is 0 Å². The minimum absolute atomic E-state index is 0.0370. The molecule has 12 heavy (non-hydrogen) atoms. The quantitative estimate of drug-likeness (QED) is 0.680. The highest BCUT2D eigenvalue weighted by Gasteiger charge is 2.26. The maximum atomic E-state index is 5.89. The predicted molar refractivity (Wildman–Crippen MR) is 42.9 cm³/mol. The molecule has 1 unspecified atom stereocenters. The van der Waals surface area contributed by atoms with Gasteiger partial charge in [-0.05, 0) is 18.0 Å². The van der Waals surface area contributed by atoms with Gasteiger partial charge in [-0.3, -0.25) is 0 Å². The third kappa shape index (κ3) is 0.992. The number of hydrogen-bond acceptors (Lipinski definition) is 4. The highest BCUT2D eigenvalue weighted by molar-refractivity contribution is 5.33. The van der Waals surface area contributed by atoms with Crippen molar-refractivity contribution in [2.45, 2.75) is 25.3 Å². The molecule has 1 aromatic rings. The molecule has 2 rings (SSSR count). The Hall–Kier alpha value is -1.03. The maximum Gasteiger partial charge on any atom is 0.258 e. The summed E-state index contributed by atoms with van der Waals surface area (Å²) < 4.78 is 10.1. The van der Waals surface area contributed by atoms with Crippen LogP contribution in [0.25, 0.3) is 0 Å². The zero-order valence-corrected chi connectivity index (χ0v) is 7.04. The first kappa shape index (κ1) is 7.61. The van der Waals surface area contributed by atoms with E-state index in [1.807, 2.05) is 0 Å². The second kappa shape index (κ2) is 2.79. The summed E-state index contributed by atoms with van der Waals surface area (Å²) in [6, 6.07) is 0.0370. The molecule has 0 radical (unpaired) electrons. The summed E-state index contributed by atoms with van der Waals surface area (Å²) in [6.45, 7) is 0. The molecule has 1 heterocycles. The molecule has 1 atom stereocenters. The van der Waals surface area contributed by atoms with Crippen molar-refractivity contribution in [2.24, 2.45) is 5.73 Å². The van der Waals surface area contributed by atoms with Crippen LogP contribution in [0, 0.1) is 0 Å². The number of ether oxygens (including phenoxy) is 1. The molecule has 66 valence electrons. The van der Waals surface area contributed by atoms with Crippen LogP contribution in [0.3, 0.4) is 0 Å². The van der Waals surface area contributed by atoms with Gasteiger partial charge in [-0.15, -0.1) is 0 Å². The SMILES string of the molecule is COc1noc2c1C(N)CCC2. The van der Waals surface area contributed by atoms with Crippen LogP contribution in [0.2, 0.25) is 0 Å². The minimum atomic E-state index is 0.0370. The number of rotatable bonds is 1. The zero-order valence-electron chi connectivity index (χ0n) is 7.04. The summed E-state index contributed by atoms with van der Waals surface area (Å²) in [5, 5.41) is 3.79. The van der Waals surface area contributed by atoms with Crippen molar-refractivity contribution in [1.82, 2.24) is 5.16 Å². The van der Waals surface area contributed by atoms with Gasteiger partial charge < -0.3 is 15.0 Å². The van der Waals surface area contributed by atoms with E-state index < -0.39 is 0 Å². The van der Waals surface area contributed by atoms with Gasteiger partial charge in [0.15, 0.2) is 0 Å². The van der Waals surface area contributed by atoms with Gasteiger partial charge in [-0.2, -0.15) is 0 Å². The van der Waals surface area contributed by atoms with Crippen molar-refractivity contribution in [3.05, 3.63) is 11.3 Å². The maximum absolute atomic E-state index is 5.89. The van der Waals surface area contributed by atoms with Crippen molar-refractivity contribution >= 4 is 0 Å². The molecule has 0 aromatic carbocycles. The number of nitrogens with zero attached hydrogens (tertiary/aromatic N) is 1. The molecule has 2 N–H and O–H groups in total. The van der Waals surface area contributed by atoms with E-state index in [-0.39, 0.29) is 6.04 Å². The molecule has 0 amide bonds. The van der Waals surface area contributed by atoms with E-state index in [1.54, 1.807) is 7.11 Å². The first-order chi connectivity index (χ1) is 5.83. The fraction of sp³-hybridized carbons (Fsp3) is 0.625. The van der Waals surface area contributed by atoms with Crippen LogP contribution in [-0.4, -0.2) is 12.3 Å². The normalized spacial score (nSPS) is 22.0. The highest BCUT2D eigenvalue weighted by atomic mass is 16.5. The Kier molecular flexibility index (Phi) is 1.77. The lowest BCUT2D eigenvalue weighted by molar-refractivity contribution is 0.325. The van der Waals surface area contributed by atoms with Crippen LogP contribution in [0.4, 0.5) is 0 Å². The molecular formula is C8H12N2O2. The van der Waals surface area contributed by atoms with Crippen LogP contribution in [0.1, 0.15) is 30.2 Å². The topological polar surface area (TPSA) is 61.3 Å². The number of aryl methyl sites for hydroxylation is 1. The summed E-state index contributed by atoms with van der Waals surface area (Å²) in [5.74, 6) is 1.45. The van der Waals surface area contributed by atoms with Gasteiger partial charge in [0.25, 0.3) is 5.88 Å². The fourth-order valence-corrected chi connectivity index (χ4v) is 1.63. The average Bonchev–Trinajstić information content (AvgIpc) is 2.49. The standard InChI is InChI=1S/C8H12N2O2/c1-11-8-7-5(9)3-2-4-6(7)12-10-8/h5H,2-4,9H2,1H3. The van der Waals surface area contributed by atoms with Gasteiger partial charge in [-0.1, -0.05) is 0 Å². The zero-order chi connectivity index (χ0) is 8.55. The molecule has 0 aliphatic heterocycles. The average molecular weight is 168 g/mol. The van der Waals surface area contributed by atoms with Crippen LogP contribution in [-0.2, 0) is 6.42 Å². The first-order valence-corrected chi connectivity index (χ1v) is 4.11. The molecule has 4 heteroatoms. The molecule has 4 nitrogen and oxygen atoms in total. The fourth-order valence-electron chi connectivity index (χ4n) is 1.63. The number of methoxy groups -OCH3 is 1. The van der Waals surface area contributed by atoms with E-state index in [2.05, 4.69) is 5.16 Å². The van der Waals surface area contributed by atoms with Gasteiger partial charge in [0, 0.05) is 12.5 Å². The molecule has 1 aliphatic rings. The van der Waals surface area contributed by atoms with Crippen LogP contribution < -0.4 is 10.5 Å². The van der Waals surface area contributed by atoms with E-state index in [0.717, 1.165) is 30.6 Å². The summed E-state index contributed by atoms with van der Waals surface area (Å²) >= 11 is 0. The van der Waals surface area contributed by atoms with Crippen LogP contribution >= 0.6 is 0 Å². The third-order valence-corrected chi connectivity index (χ3v) is 2.25. The monoisotopic (exact) mass is 168 g/mol. The number of hydrogen-bond donors (Lipinski definition) is 1. The Balaban J connectivity index is 2.43. The Morgan fingerprint density at radius 3 is 3.25 bits per heavy atom. The molecule has 0 fully saturated rings. The Morgan fingerprint density at radius 1 is 1.67 bits per heavy atom. The van der Waals surface area contributed by atoms with E-state index >= 15 is 0 Å². The lowest BCUT2D eigenvalue weighted by atomic mass is 9.94. The molecule has 1 aliphatic carbocycles. The van der Waals surface area contributed by atoms with E-state index in [4.69, 9.17) is 15.0 Å². The molecule has 1 aromatic heterocycles. The van der Waals surface area contributed by atoms with Crippen molar-refractivity contribution < 1.29 is 9.26 Å². The molecule has 0 saturated carbocycles. The molecule has 0 saturated heterocycles. The summed E-state index contributed by atoms with van der Waals surface area (Å²) in [4.78, 5) is 0. The lowest BCUT2D eigenvalue weighted by Gasteiger charge is -2.16. The number of aromatic nitrogens is 1. The summed E-state index contributed by atoms with van der Waals surface area (Å²) in [6.07, 6.45) is 3.00. The number of fused-ring (bicyclic) bond motifs is 1. The Morgan fingerprint density at radius 2 is 2.50 bits per heavy atom. The van der Waals surface area contributed by atoms with Gasteiger partial charge in [-0.25, -0.2) is 0 Å². The Bertz CT molecular complexity index is 269. The Labute approximate surface area is 70.7 Å². The van der Waals surface area contributed by atoms with Gasteiger partial charge >= 0.3 is 0 Å². The van der Waals surface area contributed by atoms with E-state index in [1.165, 1.54) is 0 Å². The van der Waals surface area contributed by atoms with Gasteiger partial charge in [0.05, 0.1) is 12.7 Å². The summed E-state index contributed by atoms with van der Waals surface area (Å²) in [7, 11) is 1.58. The smallest absolute Gasteiger partial charge is 0.258 e. The third-order valence-electron chi connectivity index (χ3n) is 2.25. The second-order valence-corrected chi connectivity index (χ2v) is 3.03. The van der Waals surface area contributed by atoms with Crippen molar-refractivity contribution in [1.29, 1.82) is 0 Å². The van der Waals surface area contributed by atoms with Crippen molar-refractivity contribution in [2.75, 3.05) is 7.11 Å².